The van der Waals surface area contributed by atoms with Gasteiger partial charge in [0, 0.05) is 6.54 Å². The minimum absolute atomic E-state index is 0.653. The normalized spacial score (nSPS) is 24.5. The predicted molar refractivity (Wildman–Crippen MR) is 41.2 cm³/mol. The molecule has 5 heteroatoms. The van der Waals surface area contributed by atoms with E-state index in [-0.39, 0.29) is 0 Å². The van der Waals surface area contributed by atoms with Crippen LogP contribution in [0.4, 0.5) is 4.39 Å². The third kappa shape index (κ3) is 1.39. The van der Waals surface area contributed by atoms with Crippen molar-refractivity contribution in [2.24, 2.45) is 5.10 Å². The molecule has 0 saturated carbocycles. The number of hydrogen-bond acceptors (Lipinski definition) is 3. The van der Waals surface area contributed by atoms with Crippen molar-refractivity contribution in [1.29, 1.82) is 0 Å². The van der Waals surface area contributed by atoms with E-state index >= 15 is 0 Å². The first-order chi connectivity index (χ1) is 4.75. The monoisotopic (exact) mass is 209 g/mol. The van der Waals surface area contributed by atoms with Crippen LogP contribution in [0.5, 0.6) is 0 Å². The molecular formula is C5H9BrFN3. The maximum Gasteiger partial charge on any atom is 0.274 e. The van der Waals surface area contributed by atoms with Gasteiger partial charge < -0.3 is 0 Å². The second-order valence-electron chi connectivity index (χ2n) is 2.05. The van der Waals surface area contributed by atoms with Gasteiger partial charge in [0.05, 0.1) is 16.1 Å². The molecule has 58 valence electrons. The first kappa shape index (κ1) is 7.78. The van der Waals surface area contributed by atoms with E-state index in [2.05, 4.69) is 21.2 Å². The molecular weight excluding hydrogens is 201 g/mol. The molecule has 0 N–H and O–H groups in total. The van der Waals surface area contributed by atoms with Crippen LogP contribution < -0.4 is 0 Å². The maximum atomic E-state index is 12.8. The van der Waals surface area contributed by atoms with Crippen molar-refractivity contribution in [3.8, 4) is 0 Å². The van der Waals surface area contributed by atoms with Gasteiger partial charge in [-0.2, -0.15) is 9.49 Å². The molecule has 0 fully saturated rings. The zero-order valence-electron chi connectivity index (χ0n) is 5.67. The molecule has 1 heterocycles. The number of halogens is 2. The largest absolute Gasteiger partial charge is 0.274 e. The van der Waals surface area contributed by atoms with Crippen LogP contribution in [0.3, 0.4) is 0 Å². The van der Waals surface area contributed by atoms with Crippen LogP contribution in [0, 0.1) is 0 Å². The van der Waals surface area contributed by atoms with Crippen molar-refractivity contribution in [2.75, 3.05) is 6.54 Å². The molecule has 0 amide bonds. The van der Waals surface area contributed by atoms with E-state index < -0.39 is 6.42 Å². The number of hydrazone groups is 1. The van der Waals surface area contributed by atoms with Crippen LogP contribution in [0.1, 0.15) is 13.3 Å². The summed E-state index contributed by atoms with van der Waals surface area (Å²) in [6.07, 6.45) is 1.18. The van der Waals surface area contributed by atoms with Crippen LogP contribution in [0.2, 0.25) is 0 Å². The quantitative estimate of drug-likeness (QED) is 0.508. The highest BCUT2D eigenvalue weighted by atomic mass is 79.9. The molecule has 1 atom stereocenters. The average molecular weight is 210 g/mol. The van der Waals surface area contributed by atoms with Crippen molar-refractivity contribution in [3.05, 3.63) is 0 Å². The SMILES string of the molecule is CCCN1N=CN(Br)C1F. The Hall–Kier alpha value is -0.320. The van der Waals surface area contributed by atoms with Crippen molar-refractivity contribution >= 4 is 22.5 Å². The Morgan fingerprint density at radius 3 is 2.90 bits per heavy atom. The molecule has 1 rings (SSSR count). The van der Waals surface area contributed by atoms with Crippen molar-refractivity contribution in [3.63, 3.8) is 0 Å². The van der Waals surface area contributed by atoms with Crippen LogP contribution in [-0.2, 0) is 0 Å². The number of nitrogens with zero attached hydrogens (tertiary/aromatic N) is 3. The topological polar surface area (TPSA) is 18.8 Å². The maximum absolute atomic E-state index is 12.8. The molecule has 3 nitrogen and oxygen atoms in total. The van der Waals surface area contributed by atoms with Gasteiger partial charge in [-0.25, -0.2) is 8.93 Å². The van der Waals surface area contributed by atoms with E-state index in [9.17, 15) is 4.39 Å². The van der Waals surface area contributed by atoms with E-state index in [1.165, 1.54) is 15.3 Å². The van der Waals surface area contributed by atoms with Crippen LogP contribution in [0.15, 0.2) is 5.10 Å². The lowest BCUT2D eigenvalue weighted by Crippen LogP contribution is -2.30. The van der Waals surface area contributed by atoms with Gasteiger partial charge in [0.25, 0.3) is 6.42 Å². The Morgan fingerprint density at radius 1 is 1.80 bits per heavy atom. The zero-order valence-corrected chi connectivity index (χ0v) is 7.25. The Balaban J connectivity index is 2.41. The van der Waals surface area contributed by atoms with E-state index in [1.54, 1.807) is 0 Å². The molecule has 0 radical (unpaired) electrons. The van der Waals surface area contributed by atoms with Gasteiger partial charge in [0.1, 0.15) is 6.34 Å². The van der Waals surface area contributed by atoms with Gasteiger partial charge in [-0.1, -0.05) is 6.92 Å². The van der Waals surface area contributed by atoms with Crippen molar-refractivity contribution in [2.45, 2.75) is 19.8 Å². The molecule has 0 aromatic rings. The Morgan fingerprint density at radius 2 is 2.50 bits per heavy atom. The summed E-state index contributed by atoms with van der Waals surface area (Å²) in [7, 11) is 0. The zero-order chi connectivity index (χ0) is 7.56. The fraction of sp³-hybridized carbons (Fsp3) is 0.800. The van der Waals surface area contributed by atoms with Crippen LogP contribution >= 0.6 is 16.1 Å². The molecule has 0 bridgehead atoms. The highest BCUT2D eigenvalue weighted by Crippen LogP contribution is 2.16. The van der Waals surface area contributed by atoms with Gasteiger partial charge in [-0.3, -0.25) is 0 Å². The summed E-state index contributed by atoms with van der Waals surface area (Å²) in [6, 6.07) is 0. The molecule has 0 aromatic heterocycles. The standard InChI is InChI=1S/C5H9BrFN3/c1-2-3-10-5(7)9(6)4-8-10/h4-5H,2-3H2,1H3. The summed E-state index contributed by atoms with van der Waals surface area (Å²) in [5, 5.41) is 5.18. The third-order valence-corrected chi connectivity index (χ3v) is 1.73. The fourth-order valence-corrected chi connectivity index (χ4v) is 1.04. The summed E-state index contributed by atoms with van der Waals surface area (Å²) >= 11 is 2.98. The lowest BCUT2D eigenvalue weighted by molar-refractivity contribution is 0.0587. The molecule has 0 aliphatic carbocycles. The third-order valence-electron chi connectivity index (χ3n) is 1.21. The van der Waals surface area contributed by atoms with Crippen LogP contribution in [0.25, 0.3) is 0 Å². The molecule has 0 spiro atoms. The lowest BCUT2D eigenvalue weighted by atomic mass is 10.5. The fourth-order valence-electron chi connectivity index (χ4n) is 0.746. The summed E-state index contributed by atoms with van der Waals surface area (Å²) in [4.78, 5) is 0. The molecule has 1 aliphatic rings. The van der Waals surface area contributed by atoms with Gasteiger partial charge in [-0.05, 0) is 6.42 Å². The molecule has 1 aliphatic heterocycles. The van der Waals surface area contributed by atoms with E-state index in [4.69, 9.17) is 0 Å². The second kappa shape index (κ2) is 3.18. The van der Waals surface area contributed by atoms with Crippen molar-refractivity contribution in [1.82, 2.24) is 8.93 Å². The Kier molecular flexibility index (Phi) is 2.48. The minimum Gasteiger partial charge on any atom is -0.246 e. The summed E-state index contributed by atoms with van der Waals surface area (Å²) in [6.45, 7) is 2.64. The van der Waals surface area contributed by atoms with Gasteiger partial charge in [0.2, 0.25) is 0 Å². The Labute approximate surface area is 67.8 Å². The minimum atomic E-state index is -1.14. The molecule has 10 heavy (non-hydrogen) atoms. The summed E-state index contributed by atoms with van der Waals surface area (Å²) in [5.41, 5.74) is 0. The molecule has 0 aromatic carbocycles. The average Bonchev–Trinajstić information content (AvgIpc) is 2.20. The lowest BCUT2D eigenvalue weighted by Gasteiger charge is -2.18. The second-order valence-corrected chi connectivity index (χ2v) is 2.87. The summed E-state index contributed by atoms with van der Waals surface area (Å²) in [5.74, 6) is 0. The molecule has 0 saturated heterocycles. The highest BCUT2D eigenvalue weighted by Gasteiger charge is 2.24. The summed E-state index contributed by atoms with van der Waals surface area (Å²) < 4.78 is 14.1. The van der Waals surface area contributed by atoms with Gasteiger partial charge in [0.15, 0.2) is 0 Å². The highest BCUT2D eigenvalue weighted by molar-refractivity contribution is 9.07. The first-order valence-electron chi connectivity index (χ1n) is 3.14. The first-order valence-corrected chi connectivity index (χ1v) is 3.85. The molecule has 1 unspecified atom stereocenters. The number of alkyl halides is 1. The number of rotatable bonds is 2. The van der Waals surface area contributed by atoms with Crippen LogP contribution in [-0.4, -0.2) is 28.2 Å². The predicted octanol–water partition coefficient (Wildman–Crippen LogP) is 1.52. The number of hydrogen-bond donors (Lipinski definition) is 0. The van der Waals surface area contributed by atoms with Gasteiger partial charge in [-0.15, -0.1) is 0 Å². The smallest absolute Gasteiger partial charge is 0.246 e. The van der Waals surface area contributed by atoms with Gasteiger partial charge >= 0.3 is 0 Å². The van der Waals surface area contributed by atoms with E-state index in [0.717, 1.165) is 6.42 Å². The van der Waals surface area contributed by atoms with E-state index in [1.807, 2.05) is 6.92 Å². The Bertz CT molecular complexity index is 141. The van der Waals surface area contributed by atoms with E-state index in [0.29, 0.717) is 6.54 Å². The van der Waals surface area contributed by atoms with Crippen molar-refractivity contribution < 1.29 is 4.39 Å².